The van der Waals surface area contributed by atoms with Crippen molar-refractivity contribution in [2.45, 2.75) is 12.8 Å². The molecule has 0 spiro atoms. The average Bonchev–Trinajstić information content (AvgIpc) is 2.55. The molecule has 1 saturated heterocycles. The Balaban J connectivity index is 1.65. The zero-order chi connectivity index (χ0) is 17.9. The normalized spacial score (nSPS) is 16.3. The van der Waals surface area contributed by atoms with Crippen LogP contribution in [0.3, 0.4) is 0 Å². The molecule has 8 heteroatoms. The smallest absolute Gasteiger partial charge is 0.308 e. The van der Waals surface area contributed by atoms with Crippen molar-refractivity contribution in [1.29, 1.82) is 0 Å². The summed E-state index contributed by atoms with van der Waals surface area (Å²) in [5.74, 6) is 0.176. The number of rotatable bonds is 3. The lowest BCUT2D eigenvalue weighted by atomic mass is 10.2. The van der Waals surface area contributed by atoms with E-state index in [2.05, 4.69) is 10.6 Å². The lowest BCUT2D eigenvalue weighted by Crippen LogP contribution is -2.37. The van der Waals surface area contributed by atoms with Gasteiger partial charge in [0.25, 0.3) is 0 Å². The van der Waals surface area contributed by atoms with Gasteiger partial charge in [0.15, 0.2) is 0 Å². The number of carbonyl (C=O) groups excluding carboxylic acids is 1. The fraction of sp³-hybridized carbons (Fsp3) is 0.235. The van der Waals surface area contributed by atoms with E-state index in [4.69, 9.17) is 11.6 Å². The molecule has 0 radical (unpaired) electrons. The molecular weight excluding hydrogens is 362 g/mol. The second-order valence-electron chi connectivity index (χ2n) is 5.73. The van der Waals surface area contributed by atoms with Gasteiger partial charge in [0, 0.05) is 22.9 Å². The number of urea groups is 1. The van der Waals surface area contributed by atoms with Gasteiger partial charge in [-0.2, -0.15) is 0 Å². The third-order valence-corrected chi connectivity index (χ3v) is 5.95. The van der Waals surface area contributed by atoms with Crippen molar-refractivity contribution < 1.29 is 13.2 Å². The molecule has 1 aliphatic rings. The van der Waals surface area contributed by atoms with Gasteiger partial charge in [-0.1, -0.05) is 17.7 Å². The third kappa shape index (κ3) is 4.43. The minimum atomic E-state index is -3.24. The second-order valence-corrected chi connectivity index (χ2v) is 8.18. The van der Waals surface area contributed by atoms with Crippen molar-refractivity contribution in [2.75, 3.05) is 27.2 Å². The quantitative estimate of drug-likeness (QED) is 0.848. The lowest BCUT2D eigenvalue weighted by molar-refractivity contribution is 0.262. The number of nitrogens with zero attached hydrogens (tertiary/aromatic N) is 1. The summed E-state index contributed by atoms with van der Waals surface area (Å²) in [7, 11) is -3.24. The van der Waals surface area contributed by atoms with E-state index in [0.717, 1.165) is 6.42 Å². The van der Waals surface area contributed by atoms with Crippen molar-refractivity contribution in [3.05, 3.63) is 53.6 Å². The Hall–Kier alpha value is -2.25. The summed E-state index contributed by atoms with van der Waals surface area (Å²) in [5, 5.41) is 5.91. The molecule has 3 rings (SSSR count). The summed E-state index contributed by atoms with van der Waals surface area (Å²) in [4.78, 5) is 12.0. The highest BCUT2D eigenvalue weighted by Crippen LogP contribution is 2.25. The highest BCUT2D eigenvalue weighted by atomic mass is 35.5. The van der Waals surface area contributed by atoms with E-state index in [0.29, 0.717) is 35.1 Å². The second kappa shape index (κ2) is 7.33. The van der Waals surface area contributed by atoms with Crippen molar-refractivity contribution in [3.63, 3.8) is 0 Å². The van der Waals surface area contributed by atoms with Crippen molar-refractivity contribution >= 4 is 44.7 Å². The van der Waals surface area contributed by atoms with Crippen LogP contribution in [0.25, 0.3) is 0 Å². The number of hydrogen-bond donors (Lipinski definition) is 2. The van der Waals surface area contributed by atoms with Crippen LogP contribution in [0.2, 0.25) is 5.02 Å². The van der Waals surface area contributed by atoms with Gasteiger partial charge in [0.1, 0.15) is 0 Å². The van der Waals surface area contributed by atoms with E-state index in [-0.39, 0.29) is 5.75 Å². The first-order valence-electron chi connectivity index (χ1n) is 7.88. The minimum Gasteiger partial charge on any atom is -0.308 e. The van der Waals surface area contributed by atoms with Crippen LogP contribution in [0, 0.1) is 0 Å². The molecule has 2 aromatic rings. The molecule has 0 bridgehead atoms. The monoisotopic (exact) mass is 379 g/mol. The van der Waals surface area contributed by atoms with Gasteiger partial charge in [0.05, 0.1) is 11.4 Å². The summed E-state index contributed by atoms with van der Waals surface area (Å²) in [6.45, 7) is 0.490. The Kier molecular flexibility index (Phi) is 5.15. The molecule has 0 unspecified atom stereocenters. The highest BCUT2D eigenvalue weighted by molar-refractivity contribution is 7.92. The summed E-state index contributed by atoms with van der Waals surface area (Å²) >= 11 is 5.88. The van der Waals surface area contributed by atoms with Crippen LogP contribution < -0.4 is 14.9 Å². The van der Waals surface area contributed by atoms with Crippen LogP contribution >= 0.6 is 11.6 Å². The number of anilines is 3. The Morgan fingerprint density at radius 3 is 2.40 bits per heavy atom. The van der Waals surface area contributed by atoms with Crippen molar-refractivity contribution in [1.82, 2.24) is 0 Å². The first-order valence-corrected chi connectivity index (χ1v) is 9.87. The first kappa shape index (κ1) is 17.6. The fourth-order valence-electron chi connectivity index (χ4n) is 2.65. The molecule has 132 valence electrons. The van der Waals surface area contributed by atoms with E-state index < -0.39 is 16.1 Å². The predicted octanol–water partition coefficient (Wildman–Crippen LogP) is 3.91. The number of halogens is 1. The molecule has 1 heterocycles. The average molecular weight is 380 g/mol. The Bertz CT molecular complexity index is 869. The van der Waals surface area contributed by atoms with E-state index in [1.54, 1.807) is 48.5 Å². The van der Waals surface area contributed by atoms with Crippen molar-refractivity contribution in [2.24, 2.45) is 0 Å². The van der Waals surface area contributed by atoms with Gasteiger partial charge in [0.2, 0.25) is 10.0 Å². The largest absolute Gasteiger partial charge is 0.323 e. The Morgan fingerprint density at radius 1 is 1.00 bits per heavy atom. The molecule has 0 aromatic heterocycles. The summed E-state index contributed by atoms with van der Waals surface area (Å²) < 4.78 is 25.6. The van der Waals surface area contributed by atoms with E-state index in [1.165, 1.54) is 4.31 Å². The minimum absolute atomic E-state index is 0.176. The maximum absolute atomic E-state index is 12.1. The molecule has 6 nitrogen and oxygen atoms in total. The standard InChI is InChI=1S/C17H18ClN3O3S/c18-13-4-3-5-15(12-13)20-17(22)19-14-6-8-16(9-7-14)21-10-1-2-11-25(21,23)24/h3-9,12H,1-2,10-11H2,(H2,19,20,22). The maximum atomic E-state index is 12.1. The van der Waals surface area contributed by atoms with E-state index >= 15 is 0 Å². The molecule has 0 saturated carbocycles. The maximum Gasteiger partial charge on any atom is 0.323 e. The number of hydrogen-bond acceptors (Lipinski definition) is 3. The zero-order valence-corrected chi connectivity index (χ0v) is 15.0. The number of carbonyl (C=O) groups is 1. The predicted molar refractivity (Wildman–Crippen MR) is 101 cm³/mol. The van der Waals surface area contributed by atoms with Crippen LogP contribution in [0.1, 0.15) is 12.8 Å². The van der Waals surface area contributed by atoms with Crippen LogP contribution in [0.15, 0.2) is 48.5 Å². The molecular formula is C17H18ClN3O3S. The highest BCUT2D eigenvalue weighted by Gasteiger charge is 2.25. The number of benzene rings is 2. The molecule has 2 N–H and O–H groups in total. The lowest BCUT2D eigenvalue weighted by Gasteiger charge is -2.28. The molecule has 2 amide bonds. The Labute approximate surface area is 151 Å². The number of amides is 2. The summed E-state index contributed by atoms with van der Waals surface area (Å²) in [6, 6.07) is 13.2. The van der Waals surface area contributed by atoms with E-state index in [9.17, 15) is 13.2 Å². The first-order chi connectivity index (χ1) is 11.9. The summed E-state index contributed by atoms with van der Waals surface area (Å²) in [5.41, 5.74) is 1.76. The molecule has 25 heavy (non-hydrogen) atoms. The van der Waals surface area contributed by atoms with Gasteiger partial charge >= 0.3 is 6.03 Å². The van der Waals surface area contributed by atoms with E-state index in [1.807, 2.05) is 0 Å². The summed E-state index contributed by atoms with van der Waals surface area (Å²) in [6.07, 6.45) is 1.55. The number of nitrogens with one attached hydrogen (secondary N) is 2. The third-order valence-electron chi connectivity index (χ3n) is 3.84. The molecule has 1 fully saturated rings. The van der Waals surface area contributed by atoms with Crippen LogP contribution in [-0.2, 0) is 10.0 Å². The van der Waals surface area contributed by atoms with Crippen molar-refractivity contribution in [3.8, 4) is 0 Å². The van der Waals surface area contributed by atoms with Crippen LogP contribution in [-0.4, -0.2) is 26.7 Å². The topological polar surface area (TPSA) is 78.5 Å². The van der Waals surface area contributed by atoms with Gasteiger partial charge in [-0.25, -0.2) is 13.2 Å². The van der Waals surface area contributed by atoms with Crippen LogP contribution in [0.5, 0.6) is 0 Å². The number of sulfonamides is 1. The molecule has 2 aromatic carbocycles. The van der Waals surface area contributed by atoms with Gasteiger partial charge in [-0.3, -0.25) is 4.31 Å². The molecule has 0 aliphatic carbocycles. The Morgan fingerprint density at radius 2 is 1.72 bits per heavy atom. The van der Waals surface area contributed by atoms with Crippen LogP contribution in [0.4, 0.5) is 21.9 Å². The van der Waals surface area contributed by atoms with Gasteiger partial charge in [-0.15, -0.1) is 0 Å². The molecule has 1 aliphatic heterocycles. The fourth-order valence-corrected chi connectivity index (χ4v) is 4.48. The van der Waals surface area contributed by atoms with Gasteiger partial charge < -0.3 is 10.6 Å². The zero-order valence-electron chi connectivity index (χ0n) is 13.4. The SMILES string of the molecule is O=C(Nc1ccc(N2CCCCS2(=O)=O)cc1)Nc1cccc(Cl)c1. The molecule has 0 atom stereocenters. The van der Waals surface area contributed by atoms with Gasteiger partial charge in [-0.05, 0) is 55.3 Å².